The normalized spacial score (nSPS) is 23.0. The molecule has 4 nitrogen and oxygen atoms in total. The molecule has 1 aromatic rings. The minimum atomic E-state index is -5.06. The molecule has 2 rings (SSSR count). The predicted molar refractivity (Wildman–Crippen MR) is 47.6 cm³/mol. The molecule has 1 aromatic heterocycles. The van der Waals surface area contributed by atoms with Crippen molar-refractivity contribution in [2.24, 2.45) is 0 Å². The molecule has 1 fully saturated rings. The molecule has 0 aromatic carbocycles. The van der Waals surface area contributed by atoms with Crippen LogP contribution in [-0.4, -0.2) is 28.6 Å². The van der Waals surface area contributed by atoms with Gasteiger partial charge in [-0.2, -0.15) is 15.0 Å². The summed E-state index contributed by atoms with van der Waals surface area (Å²) in [6.07, 6.45) is 2.84. The van der Waals surface area contributed by atoms with Gasteiger partial charge in [-0.1, -0.05) is 0 Å². The first kappa shape index (κ1) is 10.5. The molecule has 1 atom stereocenters. The Morgan fingerprint density at radius 3 is 2.73 bits per heavy atom. The van der Waals surface area contributed by atoms with Crippen molar-refractivity contribution in [2.75, 3.05) is 6.61 Å². The highest BCUT2D eigenvalue weighted by Gasteiger charge is 2.30. The van der Waals surface area contributed by atoms with E-state index >= 15 is 0 Å². The summed E-state index contributed by atoms with van der Waals surface area (Å²) in [6, 6.07) is 0. The van der Waals surface area contributed by atoms with Crippen LogP contribution >= 0.6 is 0 Å². The third kappa shape index (κ3) is 2.31. The number of aromatic nitrogens is 3. The lowest BCUT2D eigenvalue weighted by Gasteiger charge is -2.21. The van der Waals surface area contributed by atoms with Gasteiger partial charge in [-0.3, -0.25) is 0 Å². The van der Waals surface area contributed by atoms with E-state index in [0.717, 1.165) is 23.8 Å². The number of rotatable bonds is 2. The first-order valence-corrected chi connectivity index (χ1v) is 4.80. The Morgan fingerprint density at radius 2 is 2.20 bits per heavy atom. The van der Waals surface area contributed by atoms with E-state index in [1.165, 1.54) is 0 Å². The second kappa shape index (κ2) is 3.84. The van der Waals surface area contributed by atoms with Gasteiger partial charge in [0.25, 0.3) is 0 Å². The summed E-state index contributed by atoms with van der Waals surface area (Å²) >= 11 is 0. The van der Waals surface area contributed by atoms with Gasteiger partial charge >= 0.3 is 6.98 Å². The fourth-order valence-corrected chi connectivity index (χ4v) is 1.48. The molecule has 1 unspecified atom stereocenters. The zero-order valence-corrected chi connectivity index (χ0v) is 7.94. The topological polar surface area (TPSA) is 39.9 Å². The van der Waals surface area contributed by atoms with Gasteiger partial charge < -0.3 is 17.7 Å². The van der Waals surface area contributed by atoms with Crippen LogP contribution in [0, 0.1) is 0 Å². The van der Waals surface area contributed by atoms with E-state index in [-0.39, 0.29) is 0 Å². The maximum absolute atomic E-state index is 12.3. The summed E-state index contributed by atoms with van der Waals surface area (Å²) in [6.45, 7) is -4.51. The van der Waals surface area contributed by atoms with Gasteiger partial charge in [0.2, 0.25) is 0 Å². The Bertz CT molecular complexity index is 334. The lowest BCUT2D eigenvalue weighted by atomic mass is 9.87. The Kier molecular flexibility index (Phi) is 2.68. The number of hydrogen-bond donors (Lipinski definition) is 0. The van der Waals surface area contributed by atoms with Crippen molar-refractivity contribution in [3.05, 3.63) is 6.20 Å². The lowest BCUT2D eigenvalue weighted by molar-refractivity contribution is -0.0478. The summed E-state index contributed by atoms with van der Waals surface area (Å²) in [5.74, 6) is 0. The van der Waals surface area contributed by atoms with Crippen LogP contribution in [0.5, 0.6) is 0 Å². The second-order valence-electron chi connectivity index (χ2n) is 3.49. The average molecular weight is 220 g/mol. The molecule has 2 heterocycles. The van der Waals surface area contributed by atoms with Gasteiger partial charge in [-0.15, -0.1) is 0 Å². The second-order valence-corrected chi connectivity index (χ2v) is 3.49. The van der Waals surface area contributed by atoms with Crippen molar-refractivity contribution in [1.82, 2.24) is 15.0 Å². The molecule has 0 aliphatic carbocycles. The van der Waals surface area contributed by atoms with Crippen LogP contribution in [0.2, 0.25) is 0 Å². The van der Waals surface area contributed by atoms with Crippen molar-refractivity contribution in [2.45, 2.75) is 25.5 Å². The molecule has 84 valence electrons. The minimum Gasteiger partial charge on any atom is -0.444 e. The molecule has 1 aliphatic rings. The minimum absolute atomic E-state index is 0.439. The molecule has 0 radical (unpaired) electrons. The van der Waals surface area contributed by atoms with Crippen molar-refractivity contribution in [3.8, 4) is 0 Å². The van der Waals surface area contributed by atoms with Crippen LogP contribution in [-0.2, 0) is 4.74 Å². The van der Waals surface area contributed by atoms with Gasteiger partial charge in [-0.25, -0.2) is 0 Å². The lowest BCUT2D eigenvalue weighted by Crippen LogP contribution is -2.36. The average Bonchev–Trinajstić information content (AvgIpc) is 2.67. The SMILES string of the molecule is F[B-](F)(F)c1cnn(C2CCCCO2)n1. The number of ether oxygens (including phenoxy) is 1. The fraction of sp³-hybridized carbons (Fsp3) is 0.714. The summed E-state index contributed by atoms with van der Waals surface area (Å²) in [5.41, 5.74) is -0.913. The van der Waals surface area contributed by atoms with Gasteiger partial charge in [0.15, 0.2) is 6.23 Å². The summed E-state index contributed by atoms with van der Waals surface area (Å²) in [7, 11) is 0. The quantitative estimate of drug-likeness (QED) is 0.698. The maximum atomic E-state index is 12.3. The molecule has 0 bridgehead atoms. The van der Waals surface area contributed by atoms with Crippen LogP contribution in [0.25, 0.3) is 0 Å². The van der Waals surface area contributed by atoms with E-state index in [4.69, 9.17) is 4.74 Å². The van der Waals surface area contributed by atoms with Crippen LogP contribution < -0.4 is 5.59 Å². The molecule has 0 saturated carbocycles. The zero-order chi connectivity index (χ0) is 10.9. The van der Waals surface area contributed by atoms with Crippen LogP contribution in [0.15, 0.2) is 6.20 Å². The molecule has 0 N–H and O–H groups in total. The summed E-state index contributed by atoms with van der Waals surface area (Å²) < 4.78 is 42.1. The van der Waals surface area contributed by atoms with Crippen molar-refractivity contribution < 1.29 is 17.7 Å². The largest absolute Gasteiger partial charge is 0.531 e. The predicted octanol–water partition coefficient (Wildman–Crippen LogP) is 1.03. The fourth-order valence-electron chi connectivity index (χ4n) is 1.48. The summed E-state index contributed by atoms with van der Waals surface area (Å²) in [4.78, 5) is 1.02. The van der Waals surface area contributed by atoms with Crippen molar-refractivity contribution in [1.29, 1.82) is 0 Å². The maximum Gasteiger partial charge on any atom is 0.531 e. The van der Waals surface area contributed by atoms with Crippen LogP contribution in [0.4, 0.5) is 12.9 Å². The standard InChI is InChI=1S/C7H10BF3N3O/c9-8(10,11)6-5-12-14(13-6)7-3-1-2-4-15-7/h5,7H,1-4H2/q-1. The summed E-state index contributed by atoms with van der Waals surface area (Å²) in [5, 5.41) is 6.97. The molecular formula is C7H10BF3N3O-. The Balaban J connectivity index is 2.12. The van der Waals surface area contributed by atoms with Gasteiger partial charge in [0, 0.05) is 18.4 Å². The van der Waals surface area contributed by atoms with E-state index in [1.807, 2.05) is 0 Å². The first-order chi connectivity index (χ1) is 7.07. The van der Waals surface area contributed by atoms with Gasteiger partial charge in [0.05, 0.1) is 0 Å². The van der Waals surface area contributed by atoms with Crippen LogP contribution in [0.3, 0.4) is 0 Å². The number of halogens is 3. The zero-order valence-electron chi connectivity index (χ0n) is 7.94. The highest BCUT2D eigenvalue weighted by atomic mass is 19.4. The van der Waals surface area contributed by atoms with Gasteiger partial charge in [-0.05, 0) is 19.3 Å². The van der Waals surface area contributed by atoms with E-state index in [1.54, 1.807) is 0 Å². The number of hydrogen-bond acceptors (Lipinski definition) is 3. The molecule has 1 saturated heterocycles. The third-order valence-electron chi connectivity index (χ3n) is 2.27. The molecule has 8 heteroatoms. The van der Waals surface area contributed by atoms with E-state index in [0.29, 0.717) is 13.0 Å². The highest BCUT2D eigenvalue weighted by Crippen LogP contribution is 2.20. The van der Waals surface area contributed by atoms with E-state index in [9.17, 15) is 12.9 Å². The Hall–Kier alpha value is -1.05. The number of nitrogens with zero attached hydrogens (tertiary/aromatic N) is 3. The molecule has 1 aliphatic heterocycles. The van der Waals surface area contributed by atoms with Crippen LogP contribution in [0.1, 0.15) is 25.5 Å². The molecule has 0 amide bonds. The van der Waals surface area contributed by atoms with Gasteiger partial charge in [0.1, 0.15) is 0 Å². The van der Waals surface area contributed by atoms with Crippen molar-refractivity contribution in [3.63, 3.8) is 0 Å². The smallest absolute Gasteiger partial charge is 0.444 e. The van der Waals surface area contributed by atoms with E-state index in [2.05, 4.69) is 10.2 Å². The third-order valence-corrected chi connectivity index (χ3v) is 2.27. The first-order valence-electron chi connectivity index (χ1n) is 4.80. The Labute approximate surface area is 84.5 Å². The molecule has 15 heavy (non-hydrogen) atoms. The molecule has 0 spiro atoms. The van der Waals surface area contributed by atoms with E-state index < -0.39 is 18.8 Å². The molecular weight excluding hydrogens is 210 g/mol. The highest BCUT2D eigenvalue weighted by molar-refractivity contribution is 6.72. The monoisotopic (exact) mass is 220 g/mol. The Morgan fingerprint density at radius 1 is 1.40 bits per heavy atom. The van der Waals surface area contributed by atoms with Crippen molar-refractivity contribution >= 4 is 12.6 Å².